The van der Waals surface area contributed by atoms with Crippen LogP contribution >= 0.6 is 0 Å². The second kappa shape index (κ2) is 7.48. The fourth-order valence-corrected chi connectivity index (χ4v) is 2.97. The highest BCUT2D eigenvalue weighted by molar-refractivity contribution is 5.97. The van der Waals surface area contributed by atoms with Crippen molar-refractivity contribution in [2.24, 2.45) is 0 Å². The van der Waals surface area contributed by atoms with Crippen molar-refractivity contribution in [3.63, 3.8) is 0 Å². The Labute approximate surface area is 162 Å². The maximum atomic E-state index is 11.6. The van der Waals surface area contributed by atoms with Crippen LogP contribution in [0.4, 0.5) is 0 Å². The molecule has 0 aliphatic heterocycles. The third kappa shape index (κ3) is 3.42. The molecule has 0 radical (unpaired) electrons. The first-order chi connectivity index (χ1) is 13.7. The van der Waals surface area contributed by atoms with Crippen molar-refractivity contribution in [3.05, 3.63) is 83.9 Å². The van der Waals surface area contributed by atoms with Gasteiger partial charge in [-0.2, -0.15) is 0 Å². The zero-order valence-corrected chi connectivity index (χ0v) is 15.5. The van der Waals surface area contributed by atoms with Gasteiger partial charge < -0.3 is 9.47 Å². The van der Waals surface area contributed by atoms with E-state index in [4.69, 9.17) is 9.47 Å². The quantitative estimate of drug-likeness (QED) is 0.463. The smallest absolute Gasteiger partial charge is 0.337 e. The van der Waals surface area contributed by atoms with Gasteiger partial charge >= 0.3 is 5.97 Å². The molecule has 0 aliphatic rings. The van der Waals surface area contributed by atoms with E-state index in [1.54, 1.807) is 12.1 Å². The monoisotopic (exact) mass is 370 g/mol. The lowest BCUT2D eigenvalue weighted by molar-refractivity contribution is 0.0601. The van der Waals surface area contributed by atoms with Gasteiger partial charge in [0.2, 0.25) is 5.88 Å². The van der Waals surface area contributed by atoms with Gasteiger partial charge in [0.25, 0.3) is 0 Å². The van der Waals surface area contributed by atoms with Crippen LogP contribution < -0.4 is 4.74 Å². The number of benzene rings is 3. The van der Waals surface area contributed by atoms with E-state index in [1.807, 2.05) is 67.6 Å². The van der Waals surface area contributed by atoms with Crippen molar-refractivity contribution in [3.8, 4) is 22.9 Å². The number of methoxy groups -OCH3 is 1. The average Bonchev–Trinajstić information content (AvgIpc) is 2.75. The van der Waals surface area contributed by atoms with Crippen LogP contribution in [0.25, 0.3) is 22.0 Å². The van der Waals surface area contributed by atoms with Crippen LogP contribution in [0.5, 0.6) is 11.6 Å². The summed E-state index contributed by atoms with van der Waals surface area (Å²) in [6, 6.07) is 22.7. The Morgan fingerprint density at radius 3 is 2.18 bits per heavy atom. The fraction of sp³-hybridized carbons (Fsp3) is 0.0870. The molecule has 0 N–H and O–H groups in total. The zero-order valence-electron chi connectivity index (χ0n) is 15.5. The molecular formula is C23H18N2O3. The number of rotatable bonds is 4. The molecule has 0 aliphatic carbocycles. The lowest BCUT2D eigenvalue weighted by Gasteiger charge is -2.11. The second-order valence-corrected chi connectivity index (χ2v) is 6.38. The van der Waals surface area contributed by atoms with Crippen molar-refractivity contribution in [2.45, 2.75) is 6.92 Å². The first-order valence-corrected chi connectivity index (χ1v) is 8.84. The summed E-state index contributed by atoms with van der Waals surface area (Å²) in [5, 5.41) is 10.5. The van der Waals surface area contributed by atoms with Crippen LogP contribution in [0.2, 0.25) is 0 Å². The van der Waals surface area contributed by atoms with E-state index in [1.165, 1.54) is 7.11 Å². The lowest BCUT2D eigenvalue weighted by Crippen LogP contribution is -2.01. The van der Waals surface area contributed by atoms with Crippen molar-refractivity contribution < 1.29 is 14.3 Å². The summed E-state index contributed by atoms with van der Waals surface area (Å²) in [6.45, 7) is 2.03. The molecule has 0 spiro atoms. The average molecular weight is 370 g/mol. The summed E-state index contributed by atoms with van der Waals surface area (Å²) in [7, 11) is 1.36. The number of ether oxygens (including phenoxy) is 2. The number of aryl methyl sites for hydroxylation is 1. The number of nitrogens with zero attached hydrogens (tertiary/aromatic N) is 2. The minimum atomic E-state index is -0.371. The van der Waals surface area contributed by atoms with E-state index in [2.05, 4.69) is 10.2 Å². The molecule has 5 nitrogen and oxygen atoms in total. The normalized spacial score (nSPS) is 10.6. The first-order valence-electron chi connectivity index (χ1n) is 8.84. The molecule has 0 saturated carbocycles. The third-order valence-corrected chi connectivity index (χ3v) is 4.47. The molecule has 0 atom stereocenters. The predicted molar refractivity (Wildman–Crippen MR) is 108 cm³/mol. The summed E-state index contributed by atoms with van der Waals surface area (Å²) >= 11 is 0. The van der Waals surface area contributed by atoms with E-state index >= 15 is 0 Å². The molecule has 0 amide bonds. The third-order valence-electron chi connectivity index (χ3n) is 4.47. The molecule has 28 heavy (non-hydrogen) atoms. The minimum absolute atomic E-state index is 0.371. The largest absolute Gasteiger partial charge is 0.465 e. The predicted octanol–water partition coefficient (Wildman–Crippen LogP) is 5.18. The summed E-state index contributed by atoms with van der Waals surface area (Å²) in [5.41, 5.74) is 3.23. The summed E-state index contributed by atoms with van der Waals surface area (Å²) in [4.78, 5) is 11.6. The van der Waals surface area contributed by atoms with Crippen LogP contribution in [-0.2, 0) is 4.74 Å². The van der Waals surface area contributed by atoms with Gasteiger partial charge in [0.15, 0.2) is 0 Å². The Hall–Kier alpha value is -3.73. The van der Waals surface area contributed by atoms with Crippen LogP contribution in [0.1, 0.15) is 15.9 Å². The maximum Gasteiger partial charge on any atom is 0.337 e. The zero-order chi connectivity index (χ0) is 19.5. The summed E-state index contributed by atoms with van der Waals surface area (Å²) in [5.74, 6) is 0.791. The molecule has 4 aromatic rings. The molecule has 3 aromatic carbocycles. The van der Waals surface area contributed by atoms with Crippen LogP contribution in [0, 0.1) is 6.92 Å². The molecule has 0 bridgehead atoms. The second-order valence-electron chi connectivity index (χ2n) is 6.38. The number of aromatic nitrogens is 2. The molecule has 0 saturated heterocycles. The van der Waals surface area contributed by atoms with Crippen LogP contribution in [0.15, 0.2) is 72.8 Å². The Balaban J connectivity index is 1.75. The fourth-order valence-electron chi connectivity index (χ4n) is 2.97. The lowest BCUT2D eigenvalue weighted by atomic mass is 10.0. The van der Waals surface area contributed by atoms with Gasteiger partial charge in [-0.1, -0.05) is 48.0 Å². The van der Waals surface area contributed by atoms with E-state index < -0.39 is 0 Å². The highest BCUT2D eigenvalue weighted by Crippen LogP contribution is 2.33. The van der Waals surface area contributed by atoms with Gasteiger partial charge in [-0.25, -0.2) is 4.79 Å². The molecule has 0 fully saturated rings. The topological polar surface area (TPSA) is 61.3 Å². The van der Waals surface area contributed by atoms with Crippen LogP contribution in [-0.4, -0.2) is 23.3 Å². The SMILES string of the molecule is COC(=O)c1ccc(-c2nnc(Oc3ccc(C)cc3)c3ccccc23)cc1. The Bertz CT molecular complexity index is 1140. The van der Waals surface area contributed by atoms with Crippen LogP contribution in [0.3, 0.4) is 0 Å². The summed E-state index contributed by atoms with van der Waals surface area (Å²) < 4.78 is 10.7. The molecule has 138 valence electrons. The van der Waals surface area contributed by atoms with Gasteiger partial charge in [0.05, 0.1) is 12.7 Å². The van der Waals surface area contributed by atoms with E-state index in [-0.39, 0.29) is 5.97 Å². The van der Waals surface area contributed by atoms with Gasteiger partial charge in [0, 0.05) is 16.3 Å². The molecule has 1 heterocycles. The van der Waals surface area contributed by atoms with Crippen molar-refractivity contribution in [1.82, 2.24) is 10.2 Å². The van der Waals surface area contributed by atoms with Gasteiger partial charge in [0.1, 0.15) is 11.4 Å². The number of hydrogen-bond donors (Lipinski definition) is 0. The van der Waals surface area contributed by atoms with Gasteiger partial charge in [-0.05, 0) is 37.3 Å². The highest BCUT2D eigenvalue weighted by Gasteiger charge is 2.13. The molecule has 5 heteroatoms. The van der Waals surface area contributed by atoms with E-state index in [9.17, 15) is 4.79 Å². The van der Waals surface area contributed by atoms with Crippen molar-refractivity contribution >= 4 is 16.7 Å². The van der Waals surface area contributed by atoms with Gasteiger partial charge in [-0.3, -0.25) is 0 Å². The molecular weight excluding hydrogens is 352 g/mol. The first kappa shape index (κ1) is 17.7. The minimum Gasteiger partial charge on any atom is -0.465 e. The molecule has 0 unspecified atom stereocenters. The number of carbonyl (C=O) groups excluding carboxylic acids is 1. The maximum absolute atomic E-state index is 11.6. The highest BCUT2D eigenvalue weighted by atomic mass is 16.5. The molecule has 1 aromatic heterocycles. The molecule has 4 rings (SSSR count). The number of carbonyl (C=O) groups is 1. The Kier molecular flexibility index (Phi) is 4.72. The summed E-state index contributed by atoms with van der Waals surface area (Å²) in [6.07, 6.45) is 0. The van der Waals surface area contributed by atoms with Crippen molar-refractivity contribution in [2.75, 3.05) is 7.11 Å². The Morgan fingerprint density at radius 2 is 1.50 bits per heavy atom. The van der Waals surface area contributed by atoms with E-state index in [0.717, 1.165) is 27.6 Å². The van der Waals surface area contributed by atoms with Crippen molar-refractivity contribution in [1.29, 1.82) is 0 Å². The van der Waals surface area contributed by atoms with E-state index in [0.29, 0.717) is 17.2 Å². The number of hydrogen-bond acceptors (Lipinski definition) is 5. The Morgan fingerprint density at radius 1 is 0.821 bits per heavy atom. The standard InChI is InChI=1S/C23H18N2O3/c1-15-7-13-18(14-8-15)28-22-20-6-4-3-5-19(20)21(24-25-22)16-9-11-17(12-10-16)23(26)27-2/h3-14H,1-2H3. The number of esters is 1. The van der Waals surface area contributed by atoms with Gasteiger partial charge in [-0.15, -0.1) is 10.2 Å². The number of fused-ring (bicyclic) bond motifs is 1.